The van der Waals surface area contributed by atoms with E-state index in [2.05, 4.69) is 20.2 Å². The number of fused-ring (bicyclic) bond motifs is 1. The van der Waals surface area contributed by atoms with Crippen LogP contribution in [0.25, 0.3) is 0 Å². The van der Waals surface area contributed by atoms with Crippen LogP contribution in [0.1, 0.15) is 21.6 Å². The van der Waals surface area contributed by atoms with Gasteiger partial charge in [-0.15, -0.1) is 0 Å². The van der Waals surface area contributed by atoms with Gasteiger partial charge in [0.2, 0.25) is 12.7 Å². The maximum absolute atomic E-state index is 13.1. The number of carbonyl (C=O) groups excluding carboxylic acids is 1. The van der Waals surface area contributed by atoms with Gasteiger partial charge in [0.1, 0.15) is 5.75 Å². The third kappa shape index (κ3) is 4.54. The first-order valence-corrected chi connectivity index (χ1v) is 11.2. The van der Waals surface area contributed by atoms with Crippen molar-refractivity contribution in [2.24, 2.45) is 0 Å². The molecule has 3 heterocycles. The minimum Gasteiger partial charge on any atom is -0.497 e. The molecule has 9 heteroatoms. The fraction of sp³-hybridized carbons (Fsp3) is 0.320. The summed E-state index contributed by atoms with van der Waals surface area (Å²) in [4.78, 5) is 26.1. The van der Waals surface area contributed by atoms with E-state index in [1.165, 1.54) is 0 Å². The lowest BCUT2D eigenvalue weighted by atomic mass is 10.2. The molecule has 2 aliphatic heterocycles. The molecule has 1 amide bonds. The van der Waals surface area contributed by atoms with Crippen molar-refractivity contribution in [3.63, 3.8) is 0 Å². The Kier molecular flexibility index (Phi) is 6.07. The highest BCUT2D eigenvalue weighted by atomic mass is 16.7. The topological polar surface area (TPSA) is 89.1 Å². The lowest BCUT2D eigenvalue weighted by molar-refractivity contribution is 0.0745. The van der Waals surface area contributed by atoms with Crippen LogP contribution in [0.5, 0.6) is 17.2 Å². The average molecular weight is 462 g/mol. The molecule has 34 heavy (non-hydrogen) atoms. The van der Waals surface area contributed by atoms with E-state index in [-0.39, 0.29) is 12.7 Å². The third-order valence-corrected chi connectivity index (χ3v) is 6.10. The molecule has 9 nitrogen and oxygen atoms in total. The normalized spacial score (nSPS) is 14.8. The summed E-state index contributed by atoms with van der Waals surface area (Å²) in [7, 11) is 1.66. The average Bonchev–Trinajstić information content (AvgIpc) is 3.35. The lowest BCUT2D eigenvalue weighted by Gasteiger charge is -2.36. The van der Waals surface area contributed by atoms with Gasteiger partial charge in [-0.1, -0.05) is 6.07 Å². The Balaban J connectivity index is 1.17. The molecule has 1 saturated heterocycles. The summed E-state index contributed by atoms with van der Waals surface area (Å²) >= 11 is 0. The number of piperazine rings is 1. The number of aryl methyl sites for hydroxylation is 1. The predicted molar refractivity (Wildman–Crippen MR) is 128 cm³/mol. The van der Waals surface area contributed by atoms with E-state index >= 15 is 0 Å². The minimum absolute atomic E-state index is 0.0331. The van der Waals surface area contributed by atoms with Crippen molar-refractivity contribution < 1.29 is 19.0 Å². The van der Waals surface area contributed by atoms with Gasteiger partial charge in [0.15, 0.2) is 11.5 Å². The van der Waals surface area contributed by atoms with Gasteiger partial charge in [0.25, 0.3) is 5.91 Å². The highest BCUT2D eigenvalue weighted by Crippen LogP contribution is 2.32. The largest absolute Gasteiger partial charge is 0.497 e. The maximum Gasteiger partial charge on any atom is 0.257 e. The van der Waals surface area contributed by atoms with Gasteiger partial charge < -0.3 is 29.3 Å². The number of carbonyl (C=O) groups is 1. The van der Waals surface area contributed by atoms with Crippen LogP contribution in [0.2, 0.25) is 0 Å². The van der Waals surface area contributed by atoms with Crippen molar-refractivity contribution in [2.45, 2.75) is 13.5 Å². The Morgan fingerprint density at radius 1 is 1.06 bits per heavy atom. The summed E-state index contributed by atoms with van der Waals surface area (Å²) in [5.74, 6) is 2.78. The van der Waals surface area contributed by atoms with Gasteiger partial charge in [-0.2, -0.15) is 0 Å². The molecule has 1 aromatic heterocycles. The van der Waals surface area contributed by atoms with E-state index < -0.39 is 0 Å². The molecular formula is C25H27N5O4. The molecule has 176 valence electrons. The van der Waals surface area contributed by atoms with Gasteiger partial charge in [-0.25, -0.2) is 9.97 Å². The molecule has 0 spiro atoms. The zero-order chi connectivity index (χ0) is 23.5. The number of amides is 1. The second kappa shape index (κ2) is 9.46. The SMILES string of the molecule is COc1ccc(N2CCN(C(=O)c3cnc(NCc4ccc5c(c4)OCO5)nc3C)CC2)cc1. The van der Waals surface area contributed by atoms with Crippen LogP contribution < -0.4 is 24.4 Å². The Bertz CT molecular complexity index is 1180. The van der Waals surface area contributed by atoms with Gasteiger partial charge >= 0.3 is 0 Å². The summed E-state index contributed by atoms with van der Waals surface area (Å²) < 4.78 is 16.0. The predicted octanol–water partition coefficient (Wildman–Crippen LogP) is 3.10. The van der Waals surface area contributed by atoms with Crippen LogP contribution in [0.3, 0.4) is 0 Å². The number of hydrogen-bond acceptors (Lipinski definition) is 8. The number of nitrogens with zero attached hydrogens (tertiary/aromatic N) is 4. The minimum atomic E-state index is -0.0331. The molecular weight excluding hydrogens is 434 g/mol. The fourth-order valence-corrected chi connectivity index (χ4v) is 4.13. The Morgan fingerprint density at radius 3 is 2.56 bits per heavy atom. The number of anilines is 2. The van der Waals surface area contributed by atoms with Gasteiger partial charge in [-0.3, -0.25) is 4.79 Å². The van der Waals surface area contributed by atoms with E-state index in [1.54, 1.807) is 13.3 Å². The Hall–Kier alpha value is -4.01. The lowest BCUT2D eigenvalue weighted by Crippen LogP contribution is -2.49. The number of rotatable bonds is 6. The van der Waals surface area contributed by atoms with Crippen molar-refractivity contribution in [1.29, 1.82) is 0 Å². The van der Waals surface area contributed by atoms with Crippen LogP contribution in [0.4, 0.5) is 11.6 Å². The van der Waals surface area contributed by atoms with Crippen molar-refractivity contribution in [1.82, 2.24) is 14.9 Å². The highest BCUT2D eigenvalue weighted by molar-refractivity contribution is 5.95. The molecule has 0 bridgehead atoms. The molecule has 1 N–H and O–H groups in total. The summed E-state index contributed by atoms with van der Waals surface area (Å²) in [5, 5.41) is 3.21. The van der Waals surface area contributed by atoms with Crippen LogP contribution >= 0.6 is 0 Å². The molecule has 0 saturated carbocycles. The molecule has 0 unspecified atom stereocenters. The first-order valence-electron chi connectivity index (χ1n) is 11.2. The van der Waals surface area contributed by atoms with E-state index in [0.29, 0.717) is 36.8 Å². The van der Waals surface area contributed by atoms with Crippen LogP contribution in [-0.4, -0.2) is 60.9 Å². The first kappa shape index (κ1) is 21.8. The van der Waals surface area contributed by atoms with Crippen LogP contribution in [0, 0.1) is 6.92 Å². The molecule has 0 radical (unpaired) electrons. The van der Waals surface area contributed by atoms with E-state index in [4.69, 9.17) is 14.2 Å². The van der Waals surface area contributed by atoms with Crippen molar-refractivity contribution >= 4 is 17.5 Å². The zero-order valence-corrected chi connectivity index (χ0v) is 19.3. The second-order valence-corrected chi connectivity index (χ2v) is 8.21. The highest BCUT2D eigenvalue weighted by Gasteiger charge is 2.24. The van der Waals surface area contributed by atoms with E-state index in [1.807, 2.05) is 54.3 Å². The summed E-state index contributed by atoms with van der Waals surface area (Å²) in [6, 6.07) is 13.8. The van der Waals surface area contributed by atoms with Gasteiger partial charge in [0, 0.05) is 44.6 Å². The summed E-state index contributed by atoms with van der Waals surface area (Å²) in [5.41, 5.74) is 3.35. The van der Waals surface area contributed by atoms with E-state index in [0.717, 1.165) is 41.6 Å². The van der Waals surface area contributed by atoms with Crippen LogP contribution in [0.15, 0.2) is 48.7 Å². The molecule has 0 aliphatic carbocycles. The summed E-state index contributed by atoms with van der Waals surface area (Å²) in [6.45, 7) is 5.47. The molecule has 5 rings (SSSR count). The standard InChI is InChI=1S/C25H27N5O4/c1-17-21(15-27-25(28-17)26-14-18-3-8-22-23(13-18)34-16-33-22)24(31)30-11-9-29(10-12-30)19-4-6-20(32-2)7-5-19/h3-8,13,15H,9-12,14,16H2,1-2H3,(H,26,27,28). The van der Waals surface area contributed by atoms with Gasteiger partial charge in [-0.05, 0) is 48.9 Å². The number of ether oxygens (including phenoxy) is 3. The van der Waals surface area contributed by atoms with Crippen molar-refractivity contribution in [2.75, 3.05) is 50.3 Å². The second-order valence-electron chi connectivity index (χ2n) is 8.21. The molecule has 2 aliphatic rings. The number of aromatic nitrogens is 2. The molecule has 2 aromatic carbocycles. The smallest absolute Gasteiger partial charge is 0.257 e. The molecule has 1 fully saturated rings. The number of nitrogens with one attached hydrogen (secondary N) is 1. The number of hydrogen-bond donors (Lipinski definition) is 1. The molecule has 0 atom stereocenters. The van der Waals surface area contributed by atoms with Crippen LogP contribution in [-0.2, 0) is 6.54 Å². The Morgan fingerprint density at radius 2 is 1.82 bits per heavy atom. The van der Waals surface area contributed by atoms with Crippen molar-refractivity contribution in [3.05, 3.63) is 65.5 Å². The van der Waals surface area contributed by atoms with Crippen molar-refractivity contribution in [3.8, 4) is 17.2 Å². The number of methoxy groups -OCH3 is 1. The monoisotopic (exact) mass is 461 g/mol. The number of benzene rings is 2. The maximum atomic E-state index is 13.1. The fourth-order valence-electron chi connectivity index (χ4n) is 4.13. The van der Waals surface area contributed by atoms with Gasteiger partial charge in [0.05, 0.1) is 18.4 Å². The third-order valence-electron chi connectivity index (χ3n) is 6.10. The Labute approximate surface area is 198 Å². The summed E-state index contributed by atoms with van der Waals surface area (Å²) in [6.07, 6.45) is 1.61. The zero-order valence-electron chi connectivity index (χ0n) is 19.3. The van der Waals surface area contributed by atoms with E-state index in [9.17, 15) is 4.79 Å². The first-order chi connectivity index (χ1) is 16.6. The quantitative estimate of drug-likeness (QED) is 0.599. The molecule has 3 aromatic rings.